The molecule has 3 aromatic heterocycles. The SMILES string of the molecule is C=CC(=NC(=NC)C(C)(C)O)c1cc(-n2c(C)cc(COc3ncc(F)cc3F)c(Cl)c2=O)c(C)cn1. The summed E-state index contributed by atoms with van der Waals surface area (Å²) in [6, 6.07) is 3.93. The van der Waals surface area contributed by atoms with Crippen LogP contribution < -0.4 is 10.3 Å². The van der Waals surface area contributed by atoms with Gasteiger partial charge in [0, 0.05) is 30.6 Å². The monoisotopic (exact) mass is 529 g/mol. The Balaban J connectivity index is 2.04. The molecule has 0 bridgehead atoms. The minimum Gasteiger partial charge on any atom is -0.471 e. The lowest BCUT2D eigenvalue weighted by molar-refractivity contribution is 0.152. The van der Waals surface area contributed by atoms with Gasteiger partial charge in [0.2, 0.25) is 0 Å². The minimum absolute atomic E-state index is 0.133. The molecule has 0 aliphatic carbocycles. The van der Waals surface area contributed by atoms with Crippen molar-refractivity contribution in [1.29, 1.82) is 0 Å². The Hall–Kier alpha value is -3.76. The fraction of sp³-hybridized carbons (Fsp3) is 0.269. The molecule has 0 spiro atoms. The van der Waals surface area contributed by atoms with Crippen molar-refractivity contribution in [3.63, 3.8) is 0 Å². The van der Waals surface area contributed by atoms with Crippen molar-refractivity contribution < 1.29 is 18.6 Å². The first-order valence-corrected chi connectivity index (χ1v) is 11.5. The van der Waals surface area contributed by atoms with Crippen LogP contribution in [-0.4, -0.2) is 43.8 Å². The number of allylic oxidation sites excluding steroid dienone is 1. The lowest BCUT2D eigenvalue weighted by atomic mass is 10.1. The van der Waals surface area contributed by atoms with Gasteiger partial charge in [-0.05, 0) is 51.5 Å². The van der Waals surface area contributed by atoms with Crippen LogP contribution in [-0.2, 0) is 6.61 Å². The van der Waals surface area contributed by atoms with E-state index in [9.17, 15) is 18.7 Å². The second kappa shape index (κ2) is 11.1. The fourth-order valence-electron chi connectivity index (χ4n) is 3.51. The van der Waals surface area contributed by atoms with Crippen molar-refractivity contribution in [1.82, 2.24) is 14.5 Å². The molecule has 1 N–H and O–H groups in total. The van der Waals surface area contributed by atoms with Crippen molar-refractivity contribution in [2.75, 3.05) is 7.05 Å². The molecular formula is C26H26ClF2N5O3. The van der Waals surface area contributed by atoms with Gasteiger partial charge in [0.25, 0.3) is 11.4 Å². The van der Waals surface area contributed by atoms with Crippen molar-refractivity contribution in [3.8, 4) is 11.6 Å². The van der Waals surface area contributed by atoms with Crippen molar-refractivity contribution >= 4 is 23.1 Å². The Morgan fingerprint density at radius 1 is 1.24 bits per heavy atom. The van der Waals surface area contributed by atoms with Gasteiger partial charge in [0.1, 0.15) is 23.0 Å². The smallest absolute Gasteiger partial charge is 0.274 e. The van der Waals surface area contributed by atoms with E-state index in [-0.39, 0.29) is 17.5 Å². The van der Waals surface area contributed by atoms with Gasteiger partial charge in [0.15, 0.2) is 11.7 Å². The van der Waals surface area contributed by atoms with Crippen LogP contribution in [0.4, 0.5) is 8.78 Å². The Morgan fingerprint density at radius 2 is 1.95 bits per heavy atom. The summed E-state index contributed by atoms with van der Waals surface area (Å²) in [4.78, 5) is 29.7. The zero-order chi connectivity index (χ0) is 27.5. The van der Waals surface area contributed by atoms with Gasteiger partial charge in [-0.15, -0.1) is 0 Å². The summed E-state index contributed by atoms with van der Waals surface area (Å²) >= 11 is 6.38. The number of nitrogens with zero attached hydrogens (tertiary/aromatic N) is 5. The highest BCUT2D eigenvalue weighted by Crippen LogP contribution is 2.22. The standard InChI is InChI=1S/C26H26ClF2N5O3/c1-7-19(33-25(30-6)26(4,5)36)20-10-21(14(2)11-31-20)34-15(3)8-16(22(27)24(34)35)13-37-23-18(29)9-17(28)12-32-23/h7-12,36H,1,13H2,2-6H3. The molecule has 11 heteroatoms. The number of pyridine rings is 3. The van der Waals surface area contributed by atoms with Gasteiger partial charge >= 0.3 is 0 Å². The van der Waals surface area contributed by atoms with Gasteiger partial charge in [-0.3, -0.25) is 19.3 Å². The molecule has 0 aliphatic rings. The number of aliphatic hydroxyl groups is 1. The summed E-state index contributed by atoms with van der Waals surface area (Å²) in [6.07, 6.45) is 3.88. The summed E-state index contributed by atoms with van der Waals surface area (Å²) in [5.41, 5.74) is 0.931. The average Bonchev–Trinajstić information content (AvgIpc) is 2.82. The third-order valence-electron chi connectivity index (χ3n) is 5.30. The van der Waals surface area contributed by atoms with Gasteiger partial charge < -0.3 is 9.84 Å². The summed E-state index contributed by atoms with van der Waals surface area (Å²) in [5.74, 6) is -2.04. The molecule has 0 aliphatic heterocycles. The maximum atomic E-state index is 13.9. The molecule has 3 heterocycles. The van der Waals surface area contributed by atoms with E-state index in [4.69, 9.17) is 16.3 Å². The van der Waals surface area contributed by atoms with Gasteiger partial charge in [-0.2, -0.15) is 0 Å². The number of aromatic nitrogens is 3. The highest BCUT2D eigenvalue weighted by atomic mass is 35.5. The first kappa shape index (κ1) is 27.8. The molecule has 0 fully saturated rings. The molecular weight excluding hydrogens is 504 g/mol. The van der Waals surface area contributed by atoms with Gasteiger partial charge in [-0.1, -0.05) is 18.2 Å². The topological polar surface area (TPSA) is 102 Å². The number of hydrogen-bond donors (Lipinski definition) is 1. The van der Waals surface area contributed by atoms with E-state index in [0.717, 1.165) is 6.20 Å². The third-order valence-corrected chi connectivity index (χ3v) is 5.71. The number of aliphatic imine (C=N–C) groups is 2. The first-order valence-electron chi connectivity index (χ1n) is 11.1. The lowest BCUT2D eigenvalue weighted by Crippen LogP contribution is -2.30. The molecule has 0 saturated carbocycles. The van der Waals surface area contributed by atoms with Gasteiger partial charge in [0.05, 0.1) is 23.3 Å². The predicted octanol–water partition coefficient (Wildman–Crippen LogP) is 4.53. The molecule has 194 valence electrons. The summed E-state index contributed by atoms with van der Waals surface area (Å²) in [7, 11) is 1.52. The normalized spacial score (nSPS) is 12.6. The zero-order valence-electron chi connectivity index (χ0n) is 21.0. The van der Waals surface area contributed by atoms with Crippen molar-refractivity contribution in [2.45, 2.75) is 39.9 Å². The molecule has 0 radical (unpaired) electrons. The number of halogens is 3. The molecule has 0 aromatic carbocycles. The molecule has 3 aromatic rings. The average molecular weight is 530 g/mol. The highest BCUT2D eigenvalue weighted by molar-refractivity contribution is 6.31. The molecule has 37 heavy (non-hydrogen) atoms. The second-order valence-corrected chi connectivity index (χ2v) is 9.04. The highest BCUT2D eigenvalue weighted by Gasteiger charge is 2.22. The Labute approximate surface area is 217 Å². The van der Waals surface area contributed by atoms with Crippen LogP contribution in [0.2, 0.25) is 5.02 Å². The van der Waals surface area contributed by atoms with E-state index < -0.39 is 28.7 Å². The van der Waals surface area contributed by atoms with E-state index in [2.05, 4.69) is 26.5 Å². The Morgan fingerprint density at radius 3 is 2.54 bits per heavy atom. The summed E-state index contributed by atoms with van der Waals surface area (Å²) < 4.78 is 33.7. The van der Waals surface area contributed by atoms with Crippen molar-refractivity contribution in [2.24, 2.45) is 9.98 Å². The minimum atomic E-state index is -1.29. The van der Waals surface area contributed by atoms with E-state index in [1.165, 1.54) is 17.7 Å². The van der Waals surface area contributed by atoms with E-state index >= 15 is 0 Å². The zero-order valence-corrected chi connectivity index (χ0v) is 21.8. The van der Waals surface area contributed by atoms with E-state index in [1.54, 1.807) is 46.0 Å². The maximum absolute atomic E-state index is 13.9. The van der Waals surface area contributed by atoms with E-state index in [1.807, 2.05) is 0 Å². The van der Waals surface area contributed by atoms with E-state index in [0.29, 0.717) is 40.0 Å². The quantitative estimate of drug-likeness (QED) is 0.358. The van der Waals surface area contributed by atoms with Crippen LogP contribution >= 0.6 is 11.6 Å². The first-order chi connectivity index (χ1) is 17.4. The Bertz CT molecular complexity index is 1480. The lowest BCUT2D eigenvalue weighted by Gasteiger charge is -2.18. The number of hydrogen-bond acceptors (Lipinski definition) is 6. The number of ether oxygens (including phenoxy) is 1. The molecule has 3 rings (SSSR count). The fourth-order valence-corrected chi connectivity index (χ4v) is 3.70. The van der Waals surface area contributed by atoms with Crippen LogP contribution in [0.1, 0.15) is 36.4 Å². The van der Waals surface area contributed by atoms with Crippen LogP contribution in [0, 0.1) is 25.5 Å². The maximum Gasteiger partial charge on any atom is 0.274 e. The summed E-state index contributed by atoms with van der Waals surface area (Å²) in [6.45, 7) is 10.1. The summed E-state index contributed by atoms with van der Waals surface area (Å²) in [5, 5.41) is 10.2. The number of amidine groups is 1. The predicted molar refractivity (Wildman–Crippen MR) is 139 cm³/mol. The molecule has 0 amide bonds. The number of aryl methyl sites for hydroxylation is 2. The molecule has 0 atom stereocenters. The molecule has 8 nitrogen and oxygen atoms in total. The Kier molecular flexibility index (Phi) is 8.35. The molecule has 0 unspecified atom stereocenters. The van der Waals surface area contributed by atoms with Crippen LogP contribution in [0.25, 0.3) is 5.69 Å². The van der Waals surface area contributed by atoms with Crippen LogP contribution in [0.15, 0.2) is 58.0 Å². The van der Waals surface area contributed by atoms with Crippen LogP contribution in [0.5, 0.6) is 5.88 Å². The van der Waals surface area contributed by atoms with Crippen LogP contribution in [0.3, 0.4) is 0 Å². The second-order valence-electron chi connectivity index (χ2n) is 8.66. The third kappa shape index (κ3) is 6.15. The number of rotatable bonds is 7. The van der Waals surface area contributed by atoms with Crippen molar-refractivity contribution in [3.05, 3.63) is 92.8 Å². The largest absolute Gasteiger partial charge is 0.471 e. The van der Waals surface area contributed by atoms with Gasteiger partial charge in [-0.25, -0.2) is 18.8 Å². The molecule has 0 saturated heterocycles.